The van der Waals surface area contributed by atoms with Gasteiger partial charge in [0, 0.05) is 16.5 Å². The smallest absolute Gasteiger partial charge is 0.114 e. The molecule has 0 N–H and O–H groups in total. The Hall–Kier alpha value is -6.26. The molecule has 0 unspecified atom stereocenters. The topological polar surface area (TPSA) is 35.6 Å². The molecule has 0 aliphatic heterocycles. The number of nitrogens with zero attached hydrogens (tertiary/aromatic N) is 4. The second kappa shape index (κ2) is 10.7. The van der Waals surface area contributed by atoms with Gasteiger partial charge in [-0.1, -0.05) is 121 Å². The average Bonchev–Trinajstić information content (AvgIpc) is 3.72. The van der Waals surface area contributed by atoms with Crippen molar-refractivity contribution >= 4 is 32.8 Å². The van der Waals surface area contributed by atoms with E-state index >= 15 is 0 Å². The van der Waals surface area contributed by atoms with Crippen LogP contribution in [0, 0.1) is 0 Å². The van der Waals surface area contributed by atoms with Crippen molar-refractivity contribution in [1.29, 1.82) is 0 Å². The van der Waals surface area contributed by atoms with Crippen molar-refractivity contribution in [3.8, 4) is 44.8 Å². The third kappa shape index (κ3) is 4.23. The van der Waals surface area contributed by atoms with E-state index < -0.39 is 0 Å². The van der Waals surface area contributed by atoms with Gasteiger partial charge < -0.3 is 4.57 Å². The maximum absolute atomic E-state index is 4.86. The van der Waals surface area contributed by atoms with E-state index in [1.54, 1.807) is 4.80 Å². The van der Waals surface area contributed by atoms with Gasteiger partial charge in [-0.25, -0.2) is 0 Å². The Labute approximate surface area is 266 Å². The van der Waals surface area contributed by atoms with Crippen molar-refractivity contribution in [1.82, 2.24) is 19.6 Å². The molecular formula is C42H28N4. The van der Waals surface area contributed by atoms with Crippen LogP contribution in [0.3, 0.4) is 0 Å². The highest BCUT2D eigenvalue weighted by molar-refractivity contribution is 6.17. The molecule has 0 atom stereocenters. The van der Waals surface area contributed by atoms with E-state index in [1.807, 2.05) is 30.3 Å². The van der Waals surface area contributed by atoms with Crippen LogP contribution in [0.5, 0.6) is 0 Å². The standard InChI is InChI=1S/C42H28N4/c1-4-14-29(15-5-1)41-33(30-26-27-37-38(28-30)44-46(43-37)32-18-8-3-9-19-32)21-12-22-34(41)35-23-13-25-40-42(35)36-20-10-11-24-39(36)45(40)31-16-6-2-7-17-31/h1-28H. The molecule has 7 aromatic carbocycles. The van der Waals surface area contributed by atoms with Gasteiger partial charge in [-0.15, -0.1) is 10.2 Å². The van der Waals surface area contributed by atoms with Crippen LogP contribution in [0.15, 0.2) is 170 Å². The zero-order chi connectivity index (χ0) is 30.5. The minimum absolute atomic E-state index is 0.860. The van der Waals surface area contributed by atoms with Crippen molar-refractivity contribution in [2.75, 3.05) is 0 Å². The monoisotopic (exact) mass is 588 g/mol. The highest BCUT2D eigenvalue weighted by atomic mass is 15.5. The first-order chi connectivity index (χ1) is 22.8. The Morgan fingerprint density at radius 2 is 1.00 bits per heavy atom. The molecule has 0 aliphatic carbocycles. The molecule has 0 aliphatic rings. The molecule has 0 saturated carbocycles. The molecule has 0 amide bonds. The molecule has 9 aromatic rings. The zero-order valence-corrected chi connectivity index (χ0v) is 25.0. The Bertz CT molecular complexity index is 2510. The van der Waals surface area contributed by atoms with Gasteiger partial charge in [-0.2, -0.15) is 4.80 Å². The van der Waals surface area contributed by atoms with Gasteiger partial charge >= 0.3 is 0 Å². The molecule has 0 saturated heterocycles. The minimum atomic E-state index is 0.860. The summed E-state index contributed by atoms with van der Waals surface area (Å²) in [5.74, 6) is 0. The quantitative estimate of drug-likeness (QED) is 0.200. The summed E-state index contributed by atoms with van der Waals surface area (Å²) in [6.07, 6.45) is 0. The van der Waals surface area contributed by atoms with E-state index in [4.69, 9.17) is 10.2 Å². The molecule has 4 heteroatoms. The van der Waals surface area contributed by atoms with Gasteiger partial charge in [0.15, 0.2) is 0 Å². The number of benzene rings is 7. The first-order valence-electron chi connectivity index (χ1n) is 15.5. The second-order valence-corrected chi connectivity index (χ2v) is 11.5. The van der Waals surface area contributed by atoms with Crippen LogP contribution in [0.25, 0.3) is 77.6 Å². The van der Waals surface area contributed by atoms with Crippen LogP contribution in [0.4, 0.5) is 0 Å². The lowest BCUT2D eigenvalue weighted by molar-refractivity contribution is 0.766. The van der Waals surface area contributed by atoms with Crippen LogP contribution >= 0.6 is 0 Å². The fourth-order valence-electron chi connectivity index (χ4n) is 6.79. The van der Waals surface area contributed by atoms with E-state index in [9.17, 15) is 0 Å². The molecule has 0 bridgehead atoms. The number of para-hydroxylation sites is 3. The van der Waals surface area contributed by atoms with Crippen molar-refractivity contribution in [3.05, 3.63) is 170 Å². The van der Waals surface area contributed by atoms with Crippen LogP contribution in [-0.2, 0) is 0 Å². The third-order valence-corrected chi connectivity index (χ3v) is 8.81. The first kappa shape index (κ1) is 26.2. The second-order valence-electron chi connectivity index (χ2n) is 11.5. The Morgan fingerprint density at radius 1 is 0.391 bits per heavy atom. The number of aromatic nitrogens is 4. The summed E-state index contributed by atoms with van der Waals surface area (Å²) in [4.78, 5) is 1.71. The van der Waals surface area contributed by atoms with E-state index in [0.717, 1.165) is 33.5 Å². The maximum Gasteiger partial charge on any atom is 0.114 e. The molecule has 4 nitrogen and oxygen atoms in total. The summed E-state index contributed by atoms with van der Waals surface area (Å²) in [6.45, 7) is 0. The van der Waals surface area contributed by atoms with Crippen molar-refractivity contribution in [2.24, 2.45) is 0 Å². The fraction of sp³-hybridized carbons (Fsp3) is 0. The summed E-state index contributed by atoms with van der Waals surface area (Å²) in [6, 6.07) is 59.9. The predicted octanol–water partition coefficient (Wildman–Crippen LogP) is 10.5. The minimum Gasteiger partial charge on any atom is -0.309 e. The molecule has 0 fully saturated rings. The SMILES string of the molecule is c1ccc(-c2c(-c3ccc4nn(-c5ccccc5)nc4c3)cccc2-c2cccc3c2c2ccccc2n3-c2ccccc2)cc1. The molecule has 2 aromatic heterocycles. The van der Waals surface area contributed by atoms with Gasteiger partial charge in [0.1, 0.15) is 11.0 Å². The Balaban J connectivity index is 1.30. The number of rotatable bonds is 5. The summed E-state index contributed by atoms with van der Waals surface area (Å²) >= 11 is 0. The highest BCUT2D eigenvalue weighted by Crippen LogP contribution is 2.45. The van der Waals surface area contributed by atoms with E-state index in [0.29, 0.717) is 0 Å². The molecule has 216 valence electrons. The predicted molar refractivity (Wildman–Crippen MR) is 190 cm³/mol. The molecule has 0 spiro atoms. The number of hydrogen-bond acceptors (Lipinski definition) is 2. The highest BCUT2D eigenvalue weighted by Gasteiger charge is 2.20. The van der Waals surface area contributed by atoms with Crippen molar-refractivity contribution in [2.45, 2.75) is 0 Å². The molecule has 2 heterocycles. The lowest BCUT2D eigenvalue weighted by Crippen LogP contribution is -1.97. The summed E-state index contributed by atoms with van der Waals surface area (Å²) in [7, 11) is 0. The van der Waals surface area contributed by atoms with E-state index in [-0.39, 0.29) is 0 Å². The van der Waals surface area contributed by atoms with E-state index in [1.165, 1.54) is 44.1 Å². The van der Waals surface area contributed by atoms with Crippen molar-refractivity contribution < 1.29 is 0 Å². The number of hydrogen-bond donors (Lipinski definition) is 0. The zero-order valence-electron chi connectivity index (χ0n) is 25.0. The summed E-state index contributed by atoms with van der Waals surface area (Å²) in [5, 5.41) is 12.1. The van der Waals surface area contributed by atoms with Gasteiger partial charge in [0.25, 0.3) is 0 Å². The van der Waals surface area contributed by atoms with Crippen LogP contribution < -0.4 is 0 Å². The average molecular weight is 589 g/mol. The van der Waals surface area contributed by atoms with Gasteiger partial charge in [-0.3, -0.25) is 0 Å². The maximum atomic E-state index is 4.86. The fourth-order valence-corrected chi connectivity index (χ4v) is 6.79. The third-order valence-electron chi connectivity index (χ3n) is 8.81. The molecule has 0 radical (unpaired) electrons. The van der Waals surface area contributed by atoms with Crippen LogP contribution in [0.1, 0.15) is 0 Å². The Morgan fingerprint density at radius 3 is 1.80 bits per heavy atom. The van der Waals surface area contributed by atoms with Crippen LogP contribution in [-0.4, -0.2) is 19.6 Å². The first-order valence-corrected chi connectivity index (χ1v) is 15.5. The molecule has 9 rings (SSSR count). The lowest BCUT2D eigenvalue weighted by Gasteiger charge is -2.17. The van der Waals surface area contributed by atoms with Gasteiger partial charge in [-0.05, 0) is 81.9 Å². The lowest BCUT2D eigenvalue weighted by atomic mass is 9.86. The largest absolute Gasteiger partial charge is 0.309 e. The Kier molecular flexibility index (Phi) is 6.10. The van der Waals surface area contributed by atoms with E-state index in [2.05, 4.69) is 144 Å². The summed E-state index contributed by atoms with van der Waals surface area (Å²) in [5.41, 5.74) is 13.2. The normalized spacial score (nSPS) is 11.5. The summed E-state index contributed by atoms with van der Waals surface area (Å²) < 4.78 is 2.38. The molecule has 46 heavy (non-hydrogen) atoms. The molecular weight excluding hydrogens is 560 g/mol. The van der Waals surface area contributed by atoms with Gasteiger partial charge in [0.2, 0.25) is 0 Å². The van der Waals surface area contributed by atoms with Crippen LogP contribution in [0.2, 0.25) is 0 Å². The number of fused-ring (bicyclic) bond motifs is 4. The van der Waals surface area contributed by atoms with Gasteiger partial charge in [0.05, 0.1) is 16.7 Å². The van der Waals surface area contributed by atoms with Crippen molar-refractivity contribution in [3.63, 3.8) is 0 Å².